The number of likely N-dealkylation sites (tertiary alicyclic amines) is 1. The van der Waals surface area contributed by atoms with Crippen molar-refractivity contribution in [2.45, 2.75) is 37.8 Å². The Bertz CT molecular complexity index is 553. The number of nitrogens with one attached hydrogen (secondary N) is 2. The molecule has 7 nitrogen and oxygen atoms in total. The number of carbonyl (C=O) groups is 2. The van der Waals surface area contributed by atoms with Gasteiger partial charge in [0.25, 0.3) is 0 Å². The van der Waals surface area contributed by atoms with Gasteiger partial charge in [-0.3, -0.25) is 4.79 Å². The fraction of sp³-hybridized carbons (Fsp3) is 0.556. The number of hydrogen-bond acceptors (Lipinski definition) is 4. The second-order valence-electron chi connectivity index (χ2n) is 6.37. The second-order valence-corrected chi connectivity index (χ2v) is 6.37. The number of rotatable bonds is 9. The fourth-order valence-corrected chi connectivity index (χ4v) is 3.23. The molecular formula is C18H28N4O3. The standard InChI is InChI=1S/C18H28N4O3/c19-9-5-10-20-13-15-8-4-11-22(15)17(23)16(21-18(24)25)12-14-6-2-1-3-7-14/h1-3,6-7,15-16,20-21H,4-5,8-13,19H2,(H,24,25)/t15-,16+/m0/s1. The number of hydrogen-bond donors (Lipinski definition) is 4. The lowest BCUT2D eigenvalue weighted by atomic mass is 10.0. The molecule has 0 bridgehead atoms. The van der Waals surface area contributed by atoms with Crippen LogP contribution in [0.4, 0.5) is 4.79 Å². The monoisotopic (exact) mass is 348 g/mol. The van der Waals surface area contributed by atoms with Gasteiger partial charge in [0.15, 0.2) is 0 Å². The van der Waals surface area contributed by atoms with Crippen LogP contribution in [-0.2, 0) is 11.2 Å². The zero-order chi connectivity index (χ0) is 18.1. The summed E-state index contributed by atoms with van der Waals surface area (Å²) >= 11 is 0. The summed E-state index contributed by atoms with van der Waals surface area (Å²) in [5, 5.41) is 14.8. The molecule has 2 atom stereocenters. The predicted molar refractivity (Wildman–Crippen MR) is 96.4 cm³/mol. The Morgan fingerprint density at radius 3 is 2.76 bits per heavy atom. The largest absolute Gasteiger partial charge is 0.465 e. The summed E-state index contributed by atoms with van der Waals surface area (Å²) in [6, 6.07) is 8.83. The van der Waals surface area contributed by atoms with Crippen LogP contribution in [-0.4, -0.2) is 60.3 Å². The fourth-order valence-electron chi connectivity index (χ4n) is 3.23. The zero-order valence-electron chi connectivity index (χ0n) is 14.5. The van der Waals surface area contributed by atoms with Gasteiger partial charge in [-0.15, -0.1) is 0 Å². The molecule has 0 unspecified atom stereocenters. The van der Waals surface area contributed by atoms with Gasteiger partial charge < -0.3 is 26.4 Å². The number of amides is 2. The highest BCUT2D eigenvalue weighted by Gasteiger charge is 2.33. The van der Waals surface area contributed by atoms with Gasteiger partial charge in [0.1, 0.15) is 6.04 Å². The predicted octanol–water partition coefficient (Wildman–Crippen LogP) is 0.795. The third-order valence-electron chi connectivity index (χ3n) is 4.48. The molecule has 25 heavy (non-hydrogen) atoms. The summed E-state index contributed by atoms with van der Waals surface area (Å²) in [5.74, 6) is -0.144. The van der Waals surface area contributed by atoms with Gasteiger partial charge in [-0.05, 0) is 37.9 Å². The zero-order valence-corrected chi connectivity index (χ0v) is 14.5. The molecule has 1 aliphatic heterocycles. The highest BCUT2D eigenvalue weighted by Crippen LogP contribution is 2.19. The molecule has 2 amide bonds. The first-order valence-electron chi connectivity index (χ1n) is 8.86. The molecule has 138 valence electrons. The Labute approximate surface area is 148 Å². The lowest BCUT2D eigenvalue weighted by Crippen LogP contribution is -2.52. The maximum absolute atomic E-state index is 12.9. The van der Waals surface area contributed by atoms with Crippen LogP contribution in [0.15, 0.2) is 30.3 Å². The smallest absolute Gasteiger partial charge is 0.405 e. The van der Waals surface area contributed by atoms with Gasteiger partial charge in [-0.2, -0.15) is 0 Å². The van der Waals surface area contributed by atoms with E-state index < -0.39 is 12.1 Å². The number of carboxylic acid groups (broad SMARTS) is 1. The number of nitrogens with two attached hydrogens (primary N) is 1. The van der Waals surface area contributed by atoms with E-state index in [1.807, 2.05) is 35.2 Å². The molecule has 1 saturated heterocycles. The molecule has 1 aromatic carbocycles. The molecule has 7 heteroatoms. The summed E-state index contributed by atoms with van der Waals surface area (Å²) in [6.07, 6.45) is 1.96. The number of benzene rings is 1. The van der Waals surface area contributed by atoms with Crippen molar-refractivity contribution in [2.75, 3.05) is 26.2 Å². The van der Waals surface area contributed by atoms with E-state index >= 15 is 0 Å². The Balaban J connectivity index is 2.00. The molecule has 1 heterocycles. The van der Waals surface area contributed by atoms with E-state index in [2.05, 4.69) is 10.6 Å². The van der Waals surface area contributed by atoms with Gasteiger partial charge in [0.2, 0.25) is 5.91 Å². The molecular weight excluding hydrogens is 320 g/mol. The van der Waals surface area contributed by atoms with Crippen molar-refractivity contribution in [3.8, 4) is 0 Å². The molecule has 1 aromatic rings. The van der Waals surface area contributed by atoms with Crippen LogP contribution in [0.1, 0.15) is 24.8 Å². The van der Waals surface area contributed by atoms with Crippen molar-refractivity contribution in [1.82, 2.24) is 15.5 Å². The lowest BCUT2D eigenvalue weighted by molar-refractivity contribution is -0.134. The van der Waals surface area contributed by atoms with Crippen molar-refractivity contribution >= 4 is 12.0 Å². The first-order valence-corrected chi connectivity index (χ1v) is 8.86. The molecule has 0 radical (unpaired) electrons. The Morgan fingerprint density at radius 2 is 2.08 bits per heavy atom. The first kappa shape index (κ1) is 19.2. The van der Waals surface area contributed by atoms with Gasteiger partial charge in [-0.25, -0.2) is 4.79 Å². The number of nitrogens with zero attached hydrogens (tertiary/aromatic N) is 1. The van der Waals surface area contributed by atoms with Gasteiger partial charge in [0, 0.05) is 25.6 Å². The van der Waals surface area contributed by atoms with Crippen molar-refractivity contribution in [3.05, 3.63) is 35.9 Å². The molecule has 0 aliphatic carbocycles. The van der Waals surface area contributed by atoms with Crippen LogP contribution in [0.25, 0.3) is 0 Å². The van der Waals surface area contributed by atoms with Crippen molar-refractivity contribution in [2.24, 2.45) is 5.73 Å². The first-order chi connectivity index (χ1) is 12.1. The summed E-state index contributed by atoms with van der Waals surface area (Å²) in [7, 11) is 0. The lowest BCUT2D eigenvalue weighted by Gasteiger charge is -2.29. The molecule has 5 N–H and O–H groups in total. The van der Waals surface area contributed by atoms with Crippen LogP contribution < -0.4 is 16.4 Å². The van der Waals surface area contributed by atoms with E-state index in [0.29, 0.717) is 19.5 Å². The summed E-state index contributed by atoms with van der Waals surface area (Å²) in [4.78, 5) is 25.9. The van der Waals surface area contributed by atoms with Crippen molar-refractivity contribution in [1.29, 1.82) is 0 Å². The van der Waals surface area contributed by atoms with Crippen LogP contribution >= 0.6 is 0 Å². The minimum Gasteiger partial charge on any atom is -0.465 e. The van der Waals surface area contributed by atoms with E-state index in [4.69, 9.17) is 10.8 Å². The maximum Gasteiger partial charge on any atom is 0.405 e. The SMILES string of the molecule is NCCCNC[C@@H]1CCCN1C(=O)[C@@H](Cc1ccccc1)NC(=O)O. The van der Waals surface area contributed by atoms with E-state index in [9.17, 15) is 9.59 Å². The Morgan fingerprint density at radius 1 is 1.32 bits per heavy atom. The third-order valence-corrected chi connectivity index (χ3v) is 4.48. The molecule has 0 aromatic heterocycles. The van der Waals surface area contributed by atoms with Crippen molar-refractivity contribution < 1.29 is 14.7 Å². The van der Waals surface area contributed by atoms with Crippen LogP contribution in [0.5, 0.6) is 0 Å². The Hall–Kier alpha value is -2.12. The molecule has 2 rings (SSSR count). The summed E-state index contributed by atoms with van der Waals surface area (Å²) in [6.45, 7) is 2.86. The van der Waals surface area contributed by atoms with Crippen LogP contribution in [0.3, 0.4) is 0 Å². The molecule has 0 saturated carbocycles. The third kappa shape index (κ3) is 6.03. The molecule has 0 spiro atoms. The van der Waals surface area contributed by atoms with E-state index in [-0.39, 0.29) is 11.9 Å². The quantitative estimate of drug-likeness (QED) is 0.494. The minimum absolute atomic E-state index is 0.110. The summed E-state index contributed by atoms with van der Waals surface area (Å²) < 4.78 is 0. The van der Waals surface area contributed by atoms with Gasteiger partial charge in [0.05, 0.1) is 0 Å². The second kappa shape index (κ2) is 10.0. The van der Waals surface area contributed by atoms with E-state index in [1.54, 1.807) is 0 Å². The Kier molecular flexibility index (Phi) is 7.69. The molecule has 1 fully saturated rings. The van der Waals surface area contributed by atoms with Gasteiger partial charge in [-0.1, -0.05) is 30.3 Å². The normalized spacial score (nSPS) is 18.1. The minimum atomic E-state index is -1.17. The topological polar surface area (TPSA) is 108 Å². The van der Waals surface area contributed by atoms with Crippen molar-refractivity contribution in [3.63, 3.8) is 0 Å². The average molecular weight is 348 g/mol. The molecule has 1 aliphatic rings. The van der Waals surface area contributed by atoms with E-state index in [0.717, 1.165) is 37.9 Å². The average Bonchev–Trinajstić information content (AvgIpc) is 3.06. The van der Waals surface area contributed by atoms with Crippen LogP contribution in [0, 0.1) is 0 Å². The summed E-state index contributed by atoms with van der Waals surface area (Å²) in [5.41, 5.74) is 6.43. The van der Waals surface area contributed by atoms with Gasteiger partial charge >= 0.3 is 6.09 Å². The van der Waals surface area contributed by atoms with E-state index in [1.165, 1.54) is 0 Å². The highest BCUT2D eigenvalue weighted by molar-refractivity contribution is 5.86. The maximum atomic E-state index is 12.9. The van der Waals surface area contributed by atoms with Crippen LogP contribution in [0.2, 0.25) is 0 Å². The number of carbonyl (C=O) groups excluding carboxylic acids is 1. The highest BCUT2D eigenvalue weighted by atomic mass is 16.4.